The van der Waals surface area contributed by atoms with E-state index in [2.05, 4.69) is 28.2 Å². The number of nitrogens with one attached hydrogen (secondary N) is 1. The van der Waals surface area contributed by atoms with E-state index in [1.165, 1.54) is 0 Å². The molecule has 0 spiro atoms. The Hall–Kier alpha value is -0.0900. The lowest BCUT2D eigenvalue weighted by Crippen LogP contribution is -2.31. The van der Waals surface area contributed by atoms with Crippen LogP contribution < -0.4 is 5.32 Å². The standard InChI is InChI=1S/C9H16BrNO2/c1-7-8(3-5-13-7)6-11-9(12)2-4-10/h7-8H,2-6H2,1H3,(H,11,12). The molecule has 0 radical (unpaired) electrons. The number of rotatable bonds is 4. The van der Waals surface area contributed by atoms with Crippen LogP contribution in [0.15, 0.2) is 0 Å². The Bertz CT molecular complexity index is 175. The number of carbonyl (C=O) groups excluding carboxylic acids is 1. The van der Waals surface area contributed by atoms with E-state index in [-0.39, 0.29) is 5.91 Å². The van der Waals surface area contributed by atoms with Crippen LogP contribution in [0.3, 0.4) is 0 Å². The predicted octanol–water partition coefficient (Wildman–Crippen LogP) is 1.31. The molecule has 3 nitrogen and oxygen atoms in total. The van der Waals surface area contributed by atoms with Gasteiger partial charge in [0.05, 0.1) is 6.10 Å². The lowest BCUT2D eigenvalue weighted by molar-refractivity contribution is -0.120. The molecule has 1 aliphatic heterocycles. The minimum atomic E-state index is 0.121. The van der Waals surface area contributed by atoms with Crippen LogP contribution in [0, 0.1) is 5.92 Å². The van der Waals surface area contributed by atoms with Crippen molar-refractivity contribution in [3.05, 3.63) is 0 Å². The second kappa shape index (κ2) is 5.60. The molecule has 2 unspecified atom stereocenters. The summed E-state index contributed by atoms with van der Waals surface area (Å²) < 4.78 is 5.40. The van der Waals surface area contributed by atoms with Gasteiger partial charge in [-0.15, -0.1) is 0 Å². The van der Waals surface area contributed by atoms with Gasteiger partial charge < -0.3 is 10.1 Å². The fourth-order valence-electron chi connectivity index (χ4n) is 1.46. The third-order valence-electron chi connectivity index (χ3n) is 2.42. The first kappa shape index (κ1) is 11.0. The molecule has 0 aliphatic carbocycles. The monoisotopic (exact) mass is 249 g/mol. The highest BCUT2D eigenvalue weighted by molar-refractivity contribution is 9.09. The van der Waals surface area contributed by atoms with Gasteiger partial charge in [-0.3, -0.25) is 4.79 Å². The first-order valence-electron chi connectivity index (χ1n) is 4.68. The number of halogens is 1. The van der Waals surface area contributed by atoms with Crippen molar-refractivity contribution in [1.29, 1.82) is 0 Å². The van der Waals surface area contributed by atoms with Crippen molar-refractivity contribution in [1.82, 2.24) is 5.32 Å². The van der Waals surface area contributed by atoms with Gasteiger partial charge in [0, 0.05) is 30.8 Å². The van der Waals surface area contributed by atoms with E-state index in [0.717, 1.165) is 24.9 Å². The second-order valence-electron chi connectivity index (χ2n) is 3.37. The summed E-state index contributed by atoms with van der Waals surface area (Å²) in [5.74, 6) is 0.621. The molecule has 1 heterocycles. The van der Waals surface area contributed by atoms with Gasteiger partial charge in [-0.2, -0.15) is 0 Å². The molecule has 0 saturated carbocycles. The Balaban J connectivity index is 2.14. The van der Waals surface area contributed by atoms with Crippen molar-refractivity contribution in [3.8, 4) is 0 Å². The molecule has 1 amide bonds. The van der Waals surface area contributed by atoms with Gasteiger partial charge in [-0.1, -0.05) is 15.9 Å². The van der Waals surface area contributed by atoms with Gasteiger partial charge in [-0.25, -0.2) is 0 Å². The maximum absolute atomic E-state index is 11.1. The Morgan fingerprint density at radius 1 is 1.69 bits per heavy atom. The van der Waals surface area contributed by atoms with E-state index in [0.29, 0.717) is 18.4 Å². The number of amides is 1. The summed E-state index contributed by atoms with van der Waals surface area (Å²) in [7, 11) is 0. The fraction of sp³-hybridized carbons (Fsp3) is 0.889. The molecule has 76 valence electrons. The van der Waals surface area contributed by atoms with Crippen molar-refractivity contribution < 1.29 is 9.53 Å². The Kier molecular flexibility index (Phi) is 4.73. The number of hydrogen-bond acceptors (Lipinski definition) is 2. The van der Waals surface area contributed by atoms with Crippen molar-refractivity contribution in [3.63, 3.8) is 0 Å². The maximum Gasteiger partial charge on any atom is 0.220 e. The third-order valence-corrected chi connectivity index (χ3v) is 2.81. The van der Waals surface area contributed by atoms with Crippen LogP contribution in [-0.2, 0) is 9.53 Å². The summed E-state index contributed by atoms with van der Waals surface area (Å²) in [6.07, 6.45) is 1.92. The highest BCUT2D eigenvalue weighted by Gasteiger charge is 2.24. The number of alkyl halides is 1. The quantitative estimate of drug-likeness (QED) is 0.764. The van der Waals surface area contributed by atoms with Crippen LogP contribution in [0.4, 0.5) is 0 Å². The van der Waals surface area contributed by atoms with Crippen LogP contribution in [0.1, 0.15) is 19.8 Å². The van der Waals surface area contributed by atoms with Gasteiger partial charge in [0.25, 0.3) is 0 Å². The molecule has 0 aromatic carbocycles. The Morgan fingerprint density at radius 3 is 3.00 bits per heavy atom. The SMILES string of the molecule is CC1OCCC1CNC(=O)CCBr. The van der Waals surface area contributed by atoms with E-state index in [1.54, 1.807) is 0 Å². The molecule has 0 bridgehead atoms. The molecular formula is C9H16BrNO2. The van der Waals surface area contributed by atoms with Crippen molar-refractivity contribution >= 4 is 21.8 Å². The summed E-state index contributed by atoms with van der Waals surface area (Å²) in [6, 6.07) is 0. The molecule has 0 aromatic heterocycles. The summed E-state index contributed by atoms with van der Waals surface area (Å²) in [5, 5.41) is 3.64. The average Bonchev–Trinajstić information content (AvgIpc) is 2.48. The third kappa shape index (κ3) is 3.65. The first-order chi connectivity index (χ1) is 6.24. The highest BCUT2D eigenvalue weighted by Crippen LogP contribution is 2.19. The molecule has 2 atom stereocenters. The van der Waals surface area contributed by atoms with Crippen LogP contribution in [0.5, 0.6) is 0 Å². The molecule has 1 N–H and O–H groups in total. The molecule has 13 heavy (non-hydrogen) atoms. The van der Waals surface area contributed by atoms with Crippen molar-refractivity contribution in [2.75, 3.05) is 18.5 Å². The fourth-order valence-corrected chi connectivity index (χ4v) is 1.82. The zero-order chi connectivity index (χ0) is 9.68. The van der Waals surface area contributed by atoms with Crippen LogP contribution in [0.25, 0.3) is 0 Å². The number of carbonyl (C=O) groups is 1. The van der Waals surface area contributed by atoms with Gasteiger partial charge >= 0.3 is 0 Å². The Morgan fingerprint density at radius 2 is 2.46 bits per heavy atom. The predicted molar refractivity (Wildman–Crippen MR) is 54.9 cm³/mol. The van der Waals surface area contributed by atoms with Gasteiger partial charge in [0.2, 0.25) is 5.91 Å². The highest BCUT2D eigenvalue weighted by atomic mass is 79.9. The summed E-state index contributed by atoms with van der Waals surface area (Å²) >= 11 is 3.23. The molecule has 1 aliphatic rings. The van der Waals surface area contributed by atoms with Gasteiger partial charge in [0.1, 0.15) is 0 Å². The first-order valence-corrected chi connectivity index (χ1v) is 5.80. The van der Waals surface area contributed by atoms with Crippen LogP contribution in [-0.4, -0.2) is 30.5 Å². The topological polar surface area (TPSA) is 38.3 Å². The zero-order valence-electron chi connectivity index (χ0n) is 7.88. The van der Waals surface area contributed by atoms with E-state index >= 15 is 0 Å². The zero-order valence-corrected chi connectivity index (χ0v) is 9.47. The van der Waals surface area contributed by atoms with E-state index in [4.69, 9.17) is 4.74 Å². The van der Waals surface area contributed by atoms with Crippen molar-refractivity contribution in [2.24, 2.45) is 5.92 Å². The number of hydrogen-bond donors (Lipinski definition) is 1. The van der Waals surface area contributed by atoms with E-state index < -0.39 is 0 Å². The summed E-state index contributed by atoms with van der Waals surface area (Å²) in [5.41, 5.74) is 0. The molecule has 4 heteroatoms. The smallest absolute Gasteiger partial charge is 0.220 e. The molecule has 0 aromatic rings. The molecular weight excluding hydrogens is 234 g/mol. The van der Waals surface area contributed by atoms with Crippen LogP contribution in [0.2, 0.25) is 0 Å². The average molecular weight is 250 g/mol. The molecule has 1 rings (SSSR count). The molecule has 1 fully saturated rings. The minimum Gasteiger partial charge on any atom is -0.378 e. The van der Waals surface area contributed by atoms with Gasteiger partial charge in [0.15, 0.2) is 0 Å². The largest absolute Gasteiger partial charge is 0.378 e. The summed E-state index contributed by atoms with van der Waals surface area (Å²) in [6.45, 7) is 3.65. The van der Waals surface area contributed by atoms with Crippen LogP contribution >= 0.6 is 15.9 Å². The van der Waals surface area contributed by atoms with E-state index in [9.17, 15) is 4.79 Å². The lowest BCUT2D eigenvalue weighted by Gasteiger charge is -2.14. The Labute approximate surface area is 87.3 Å². The maximum atomic E-state index is 11.1. The van der Waals surface area contributed by atoms with E-state index in [1.807, 2.05) is 0 Å². The minimum absolute atomic E-state index is 0.121. The molecule has 1 saturated heterocycles. The second-order valence-corrected chi connectivity index (χ2v) is 4.16. The van der Waals surface area contributed by atoms with Gasteiger partial charge in [-0.05, 0) is 13.3 Å². The van der Waals surface area contributed by atoms with Crippen molar-refractivity contribution in [2.45, 2.75) is 25.9 Å². The number of ether oxygens (including phenoxy) is 1. The summed E-state index contributed by atoms with van der Waals surface area (Å²) in [4.78, 5) is 11.1. The normalized spacial score (nSPS) is 27.5. The lowest BCUT2D eigenvalue weighted by atomic mass is 10.0.